The molecule has 31 heavy (non-hydrogen) atoms. The molecule has 0 bridgehead atoms. The van der Waals surface area contributed by atoms with Gasteiger partial charge in [0.2, 0.25) is 12.5 Å². The van der Waals surface area contributed by atoms with Gasteiger partial charge in [-0.1, -0.05) is 0 Å². The highest BCUT2D eigenvalue weighted by Gasteiger charge is 2.42. The lowest BCUT2D eigenvalue weighted by atomic mass is 9.71. The van der Waals surface area contributed by atoms with Gasteiger partial charge >= 0.3 is 5.97 Å². The van der Waals surface area contributed by atoms with Gasteiger partial charge in [0, 0.05) is 17.9 Å². The number of hydrogen-bond donors (Lipinski definition) is 0. The van der Waals surface area contributed by atoms with Crippen molar-refractivity contribution in [2.75, 3.05) is 34.7 Å². The molecule has 8 heteroatoms. The fraction of sp³-hybridized carbons (Fsp3) is 0.391. The highest BCUT2D eigenvalue weighted by Crippen LogP contribution is 2.49. The molecule has 1 aliphatic heterocycles. The minimum atomic E-state index is -0.705. The van der Waals surface area contributed by atoms with Crippen LogP contribution in [0.2, 0.25) is 0 Å². The SMILES string of the molecule is CCOC(=O)[C@H]1CC(=O)c2cc3c(cc2[C@@H]1c1cc(OC)c(OC)c(OC)c1)OCO3. The largest absolute Gasteiger partial charge is 0.493 e. The Hall–Kier alpha value is -3.42. The van der Waals surface area contributed by atoms with E-state index < -0.39 is 17.8 Å². The molecule has 2 aromatic rings. The number of carbonyl (C=O) groups excluding carboxylic acids is 2. The van der Waals surface area contributed by atoms with E-state index in [1.54, 1.807) is 31.2 Å². The van der Waals surface area contributed by atoms with Gasteiger partial charge in [0.25, 0.3) is 0 Å². The summed E-state index contributed by atoms with van der Waals surface area (Å²) in [6.07, 6.45) is 0.0206. The smallest absolute Gasteiger partial charge is 0.310 e. The van der Waals surface area contributed by atoms with E-state index in [4.69, 9.17) is 28.4 Å². The number of hydrogen-bond acceptors (Lipinski definition) is 8. The van der Waals surface area contributed by atoms with Crippen molar-refractivity contribution >= 4 is 11.8 Å². The molecule has 1 heterocycles. The van der Waals surface area contributed by atoms with Crippen LogP contribution >= 0.6 is 0 Å². The van der Waals surface area contributed by atoms with Gasteiger partial charge in [-0.05, 0) is 42.3 Å². The van der Waals surface area contributed by atoms with Crippen molar-refractivity contribution in [2.24, 2.45) is 5.92 Å². The van der Waals surface area contributed by atoms with Gasteiger partial charge in [0.1, 0.15) is 0 Å². The molecular formula is C23H24O8. The number of rotatable bonds is 6. The number of methoxy groups -OCH3 is 3. The van der Waals surface area contributed by atoms with Crippen LogP contribution in [0.1, 0.15) is 40.7 Å². The summed E-state index contributed by atoms with van der Waals surface area (Å²) in [5.74, 6) is 0.654. The first-order valence-electron chi connectivity index (χ1n) is 9.95. The van der Waals surface area contributed by atoms with Crippen LogP contribution in [0.3, 0.4) is 0 Å². The van der Waals surface area contributed by atoms with E-state index in [1.807, 2.05) is 0 Å². The number of esters is 1. The summed E-state index contributed by atoms with van der Waals surface area (Å²) in [5, 5.41) is 0. The predicted molar refractivity (Wildman–Crippen MR) is 110 cm³/mol. The number of Topliss-reactive ketones (excluding diaryl/α,β-unsaturated/α-hetero) is 1. The average molecular weight is 428 g/mol. The van der Waals surface area contributed by atoms with Crippen molar-refractivity contribution in [3.05, 3.63) is 41.0 Å². The average Bonchev–Trinajstić information content (AvgIpc) is 3.24. The summed E-state index contributed by atoms with van der Waals surface area (Å²) in [5.41, 5.74) is 1.91. The molecule has 2 aromatic carbocycles. The molecule has 2 atom stereocenters. The van der Waals surface area contributed by atoms with E-state index in [1.165, 1.54) is 21.3 Å². The monoisotopic (exact) mass is 428 g/mol. The van der Waals surface area contributed by atoms with Crippen molar-refractivity contribution in [1.29, 1.82) is 0 Å². The van der Waals surface area contributed by atoms with Crippen molar-refractivity contribution in [2.45, 2.75) is 19.3 Å². The summed E-state index contributed by atoms with van der Waals surface area (Å²) >= 11 is 0. The van der Waals surface area contributed by atoms with Gasteiger partial charge in [-0.15, -0.1) is 0 Å². The lowest BCUT2D eigenvalue weighted by Crippen LogP contribution is -2.33. The van der Waals surface area contributed by atoms with Crippen LogP contribution in [0.4, 0.5) is 0 Å². The van der Waals surface area contributed by atoms with Gasteiger partial charge < -0.3 is 28.4 Å². The lowest BCUT2D eigenvalue weighted by molar-refractivity contribution is -0.148. The molecule has 0 spiro atoms. The lowest BCUT2D eigenvalue weighted by Gasteiger charge is -2.32. The maximum absolute atomic E-state index is 13.0. The molecule has 1 aliphatic carbocycles. The van der Waals surface area contributed by atoms with E-state index in [9.17, 15) is 9.59 Å². The number of carbonyl (C=O) groups is 2. The molecule has 0 unspecified atom stereocenters. The summed E-state index contributed by atoms with van der Waals surface area (Å²) in [6, 6.07) is 7.05. The minimum absolute atomic E-state index is 0.0206. The topological polar surface area (TPSA) is 89.5 Å². The Morgan fingerprint density at radius 2 is 1.65 bits per heavy atom. The standard InChI is InChI=1S/C23H24O8/c1-5-29-23(25)15-8-16(24)13-9-17-18(31-11-30-17)10-14(13)21(15)12-6-19(26-2)22(28-4)20(7-12)27-3/h6-7,9-10,15,21H,5,8,11H2,1-4H3/t15-,21-/m0/s1. The first-order chi connectivity index (χ1) is 15.0. The van der Waals surface area contributed by atoms with Crippen LogP contribution in [0, 0.1) is 5.92 Å². The Kier molecular flexibility index (Phi) is 5.63. The van der Waals surface area contributed by atoms with E-state index in [2.05, 4.69) is 0 Å². The molecule has 2 aliphatic rings. The molecule has 0 fully saturated rings. The molecule has 0 radical (unpaired) electrons. The Labute approximate surface area is 179 Å². The minimum Gasteiger partial charge on any atom is -0.493 e. The van der Waals surface area contributed by atoms with Crippen molar-refractivity contribution in [3.63, 3.8) is 0 Å². The normalized spacial score (nSPS) is 18.9. The van der Waals surface area contributed by atoms with Crippen LogP contribution in [-0.2, 0) is 9.53 Å². The third kappa shape index (κ3) is 3.52. The zero-order valence-electron chi connectivity index (χ0n) is 17.9. The van der Waals surface area contributed by atoms with Crippen LogP contribution in [0.5, 0.6) is 28.7 Å². The van der Waals surface area contributed by atoms with E-state index >= 15 is 0 Å². The first-order valence-corrected chi connectivity index (χ1v) is 9.95. The maximum Gasteiger partial charge on any atom is 0.310 e. The van der Waals surface area contributed by atoms with Crippen molar-refractivity contribution in [1.82, 2.24) is 0 Å². The van der Waals surface area contributed by atoms with Crippen molar-refractivity contribution in [3.8, 4) is 28.7 Å². The van der Waals surface area contributed by atoms with Gasteiger partial charge in [0.05, 0.1) is 33.9 Å². The summed E-state index contributed by atoms with van der Waals surface area (Å²) in [4.78, 5) is 25.8. The van der Waals surface area contributed by atoms with Gasteiger partial charge in [-0.2, -0.15) is 0 Å². The van der Waals surface area contributed by atoms with E-state index in [0.717, 1.165) is 5.56 Å². The fourth-order valence-electron chi connectivity index (χ4n) is 4.26. The maximum atomic E-state index is 13.0. The van der Waals surface area contributed by atoms with Gasteiger partial charge in [-0.25, -0.2) is 0 Å². The van der Waals surface area contributed by atoms with Crippen LogP contribution in [-0.4, -0.2) is 46.5 Å². The molecule has 164 valence electrons. The Bertz CT molecular complexity index is 1000. The Morgan fingerprint density at radius 3 is 2.23 bits per heavy atom. The summed E-state index contributed by atoms with van der Waals surface area (Å²) in [6.45, 7) is 2.05. The molecule has 0 saturated heterocycles. The first kappa shape index (κ1) is 20.8. The predicted octanol–water partition coefficient (Wildman–Crippen LogP) is 3.34. The number of benzene rings is 2. The second-order valence-corrected chi connectivity index (χ2v) is 7.21. The zero-order valence-corrected chi connectivity index (χ0v) is 17.9. The molecule has 0 amide bonds. The van der Waals surface area contributed by atoms with Crippen LogP contribution < -0.4 is 23.7 Å². The molecule has 0 saturated carbocycles. The molecule has 0 N–H and O–H groups in total. The fourth-order valence-corrected chi connectivity index (χ4v) is 4.26. The van der Waals surface area contributed by atoms with Crippen molar-refractivity contribution < 1.29 is 38.0 Å². The third-order valence-corrected chi connectivity index (χ3v) is 5.62. The summed E-state index contributed by atoms with van der Waals surface area (Å²) in [7, 11) is 4.58. The molecule has 0 aromatic heterocycles. The van der Waals surface area contributed by atoms with Crippen LogP contribution in [0.15, 0.2) is 24.3 Å². The number of fused-ring (bicyclic) bond motifs is 2. The Morgan fingerprint density at radius 1 is 1.00 bits per heavy atom. The number of ether oxygens (including phenoxy) is 6. The van der Waals surface area contributed by atoms with Gasteiger partial charge in [-0.3, -0.25) is 9.59 Å². The van der Waals surface area contributed by atoms with Crippen LogP contribution in [0.25, 0.3) is 0 Å². The quantitative estimate of drug-likeness (QED) is 0.648. The zero-order chi connectivity index (χ0) is 22.1. The molecule has 4 rings (SSSR count). The Balaban J connectivity index is 1.93. The highest BCUT2D eigenvalue weighted by molar-refractivity contribution is 6.02. The second-order valence-electron chi connectivity index (χ2n) is 7.21. The third-order valence-electron chi connectivity index (χ3n) is 5.62. The van der Waals surface area contributed by atoms with Gasteiger partial charge in [0.15, 0.2) is 28.8 Å². The summed E-state index contributed by atoms with van der Waals surface area (Å²) < 4.78 is 32.7. The molecule has 8 nitrogen and oxygen atoms in total. The van der Waals surface area contributed by atoms with E-state index in [-0.39, 0.29) is 25.6 Å². The number of ketones is 1. The second kappa shape index (κ2) is 8.37. The van der Waals surface area contributed by atoms with E-state index in [0.29, 0.717) is 39.9 Å². The highest BCUT2D eigenvalue weighted by atomic mass is 16.7. The molecular weight excluding hydrogens is 404 g/mol.